The summed E-state index contributed by atoms with van der Waals surface area (Å²) in [5.41, 5.74) is 4.90. The van der Waals surface area contributed by atoms with Gasteiger partial charge in [-0.15, -0.1) is 0 Å². The lowest BCUT2D eigenvalue weighted by Crippen LogP contribution is -2.19. The number of carboxylic acid groups (broad SMARTS) is 1. The van der Waals surface area contributed by atoms with Gasteiger partial charge < -0.3 is 10.8 Å². The molecule has 7 heteroatoms. The Kier molecular flexibility index (Phi) is 4.19. The minimum atomic E-state index is -1.61. The molecule has 1 amide bonds. The lowest BCUT2D eigenvalue weighted by atomic mass is 10.2. The summed E-state index contributed by atoms with van der Waals surface area (Å²) >= 11 is 3.06. The van der Waals surface area contributed by atoms with E-state index in [0.29, 0.717) is 4.47 Å². The van der Waals surface area contributed by atoms with Crippen LogP contribution in [0.3, 0.4) is 0 Å². The Morgan fingerprint density at radius 3 is 2.56 bits per heavy atom. The lowest BCUT2D eigenvalue weighted by Gasteiger charge is -2.03. The lowest BCUT2D eigenvalue weighted by molar-refractivity contribution is -0.115. The number of amides is 1. The van der Waals surface area contributed by atoms with Crippen LogP contribution in [0.1, 0.15) is 10.4 Å². The number of carbonyl (C=O) groups excluding carboxylic acids is 1. The van der Waals surface area contributed by atoms with E-state index in [0.717, 1.165) is 0 Å². The highest BCUT2D eigenvalue weighted by Crippen LogP contribution is 2.20. The predicted molar refractivity (Wildman–Crippen MR) is 61.6 cm³/mol. The minimum absolute atomic E-state index is 0.00433. The number of carbonyl (C=O) groups is 2. The van der Waals surface area contributed by atoms with E-state index in [1.807, 2.05) is 0 Å². The fraction of sp³-hybridized carbons (Fsp3) is 0.111. The van der Waals surface area contributed by atoms with E-state index >= 15 is 0 Å². The second-order valence-corrected chi connectivity index (χ2v) is 5.21. The van der Waals surface area contributed by atoms with Crippen molar-refractivity contribution < 1.29 is 18.9 Å². The molecule has 1 aromatic carbocycles. The van der Waals surface area contributed by atoms with Gasteiger partial charge in [0.2, 0.25) is 5.91 Å². The summed E-state index contributed by atoms with van der Waals surface area (Å²) < 4.78 is 11.9. The molecule has 16 heavy (non-hydrogen) atoms. The van der Waals surface area contributed by atoms with Crippen LogP contribution in [0, 0.1) is 0 Å². The number of hydrogen-bond donors (Lipinski definition) is 2. The van der Waals surface area contributed by atoms with E-state index < -0.39 is 22.7 Å². The van der Waals surface area contributed by atoms with Crippen LogP contribution in [0.25, 0.3) is 0 Å². The molecule has 1 atom stereocenters. The standard InChI is InChI=1S/C9H8BrNO4S/c10-7-2-1-5(3-6(7)9(13)14)16(15)4-8(11)12/h1-3H,4H2,(H2,11,12)(H,13,14). The summed E-state index contributed by atoms with van der Waals surface area (Å²) in [6.45, 7) is 0. The summed E-state index contributed by atoms with van der Waals surface area (Å²) in [6.07, 6.45) is 0. The molecule has 5 nitrogen and oxygen atoms in total. The molecule has 0 saturated heterocycles. The number of hydrogen-bond acceptors (Lipinski definition) is 3. The number of halogens is 1. The maximum Gasteiger partial charge on any atom is 0.336 e. The molecule has 0 aromatic heterocycles. The summed E-state index contributed by atoms with van der Waals surface area (Å²) in [4.78, 5) is 21.6. The summed E-state index contributed by atoms with van der Waals surface area (Å²) in [5, 5.41) is 8.83. The minimum Gasteiger partial charge on any atom is -0.478 e. The molecule has 0 saturated carbocycles. The second kappa shape index (κ2) is 5.22. The van der Waals surface area contributed by atoms with Gasteiger partial charge in [0, 0.05) is 9.37 Å². The highest BCUT2D eigenvalue weighted by Gasteiger charge is 2.13. The molecule has 86 valence electrons. The number of primary amides is 1. The monoisotopic (exact) mass is 305 g/mol. The van der Waals surface area contributed by atoms with Crippen LogP contribution < -0.4 is 5.73 Å². The van der Waals surface area contributed by atoms with Crippen molar-refractivity contribution in [2.45, 2.75) is 4.90 Å². The number of nitrogens with two attached hydrogens (primary N) is 1. The van der Waals surface area contributed by atoms with Crippen molar-refractivity contribution in [3.8, 4) is 0 Å². The van der Waals surface area contributed by atoms with E-state index in [-0.39, 0.29) is 16.2 Å². The van der Waals surface area contributed by atoms with Gasteiger partial charge in [0.1, 0.15) is 5.75 Å². The first-order chi connectivity index (χ1) is 7.41. The molecule has 0 fully saturated rings. The number of aromatic carboxylic acids is 1. The molecule has 0 aliphatic heterocycles. The van der Waals surface area contributed by atoms with Crippen LogP contribution in [0.15, 0.2) is 27.6 Å². The van der Waals surface area contributed by atoms with Gasteiger partial charge in [-0.2, -0.15) is 0 Å². The van der Waals surface area contributed by atoms with E-state index in [1.165, 1.54) is 18.2 Å². The highest BCUT2D eigenvalue weighted by molar-refractivity contribution is 9.10. The van der Waals surface area contributed by atoms with Crippen LogP contribution in [-0.2, 0) is 15.6 Å². The molecule has 0 aliphatic carbocycles. The molecule has 0 heterocycles. The highest BCUT2D eigenvalue weighted by atomic mass is 79.9. The van der Waals surface area contributed by atoms with Crippen LogP contribution in [0.5, 0.6) is 0 Å². The average molecular weight is 306 g/mol. The Hall–Kier alpha value is -1.21. The first kappa shape index (κ1) is 12.9. The summed E-state index contributed by atoms with van der Waals surface area (Å²) in [6, 6.07) is 4.21. The zero-order valence-electron chi connectivity index (χ0n) is 7.97. The first-order valence-electron chi connectivity index (χ1n) is 4.11. The quantitative estimate of drug-likeness (QED) is 0.857. The van der Waals surface area contributed by atoms with E-state index in [9.17, 15) is 13.8 Å². The van der Waals surface area contributed by atoms with Crippen molar-refractivity contribution in [1.29, 1.82) is 0 Å². The third kappa shape index (κ3) is 3.14. The van der Waals surface area contributed by atoms with Crippen molar-refractivity contribution in [2.24, 2.45) is 5.73 Å². The zero-order chi connectivity index (χ0) is 12.3. The summed E-state index contributed by atoms with van der Waals surface area (Å²) in [7, 11) is -1.61. The van der Waals surface area contributed by atoms with E-state index in [2.05, 4.69) is 15.9 Å². The molecule has 0 aliphatic rings. The Labute approximate surface area is 102 Å². The maximum absolute atomic E-state index is 11.5. The molecule has 1 aromatic rings. The fourth-order valence-corrected chi connectivity index (χ4v) is 2.33. The number of rotatable bonds is 4. The molecule has 0 spiro atoms. The van der Waals surface area contributed by atoms with Gasteiger partial charge >= 0.3 is 5.97 Å². The first-order valence-corrected chi connectivity index (χ1v) is 6.22. The van der Waals surface area contributed by atoms with Crippen molar-refractivity contribution in [3.63, 3.8) is 0 Å². The molecule has 0 radical (unpaired) electrons. The average Bonchev–Trinajstić information content (AvgIpc) is 2.16. The Bertz CT molecular complexity index is 475. The van der Waals surface area contributed by atoms with Crippen molar-refractivity contribution in [1.82, 2.24) is 0 Å². The van der Waals surface area contributed by atoms with Gasteiger partial charge in [-0.05, 0) is 34.1 Å². The van der Waals surface area contributed by atoms with Gasteiger partial charge in [0.25, 0.3) is 0 Å². The van der Waals surface area contributed by atoms with E-state index in [1.54, 1.807) is 0 Å². The molecule has 0 bridgehead atoms. The fourth-order valence-electron chi connectivity index (χ4n) is 1.02. The SMILES string of the molecule is NC(=O)CS(=O)c1ccc(Br)c(C(=O)O)c1. The third-order valence-electron chi connectivity index (χ3n) is 1.70. The molecular weight excluding hydrogens is 298 g/mol. The molecule has 3 N–H and O–H groups in total. The predicted octanol–water partition coefficient (Wildman–Crippen LogP) is 0.740. The van der Waals surface area contributed by atoms with Crippen LogP contribution in [0.4, 0.5) is 0 Å². The normalized spacial score (nSPS) is 12.1. The third-order valence-corrected chi connectivity index (χ3v) is 3.72. The van der Waals surface area contributed by atoms with Crippen molar-refractivity contribution >= 4 is 38.6 Å². The largest absolute Gasteiger partial charge is 0.478 e. The number of benzene rings is 1. The summed E-state index contributed by atoms with van der Waals surface area (Å²) in [5.74, 6) is -2.15. The van der Waals surface area contributed by atoms with Gasteiger partial charge in [-0.25, -0.2) is 4.79 Å². The molecular formula is C9H8BrNO4S. The van der Waals surface area contributed by atoms with Gasteiger partial charge in [-0.3, -0.25) is 9.00 Å². The number of carboxylic acids is 1. The smallest absolute Gasteiger partial charge is 0.336 e. The van der Waals surface area contributed by atoms with E-state index in [4.69, 9.17) is 10.8 Å². The molecule has 1 rings (SSSR count). The van der Waals surface area contributed by atoms with Gasteiger partial charge in [0.05, 0.1) is 16.4 Å². The Morgan fingerprint density at radius 1 is 1.44 bits per heavy atom. The van der Waals surface area contributed by atoms with Gasteiger partial charge in [-0.1, -0.05) is 0 Å². The topological polar surface area (TPSA) is 97.5 Å². The maximum atomic E-state index is 11.5. The van der Waals surface area contributed by atoms with Crippen molar-refractivity contribution in [2.75, 3.05) is 5.75 Å². The van der Waals surface area contributed by atoms with Crippen LogP contribution in [0.2, 0.25) is 0 Å². The Balaban J connectivity index is 3.08. The van der Waals surface area contributed by atoms with Gasteiger partial charge in [0.15, 0.2) is 0 Å². The zero-order valence-corrected chi connectivity index (χ0v) is 10.4. The Morgan fingerprint density at radius 2 is 2.06 bits per heavy atom. The van der Waals surface area contributed by atoms with Crippen molar-refractivity contribution in [3.05, 3.63) is 28.2 Å². The van der Waals surface area contributed by atoms with Crippen LogP contribution >= 0.6 is 15.9 Å². The van der Waals surface area contributed by atoms with Crippen LogP contribution in [-0.4, -0.2) is 26.9 Å². The molecule has 1 unspecified atom stereocenters. The second-order valence-electron chi connectivity index (χ2n) is 2.90.